The number of nitrogens with one attached hydrogen (secondary N) is 2. The summed E-state index contributed by atoms with van der Waals surface area (Å²) < 4.78 is 40.4. The van der Waals surface area contributed by atoms with E-state index in [-0.39, 0.29) is 22.4 Å². The molecular weight excluding hydrogens is 548 g/mol. The Labute approximate surface area is 249 Å². The van der Waals surface area contributed by atoms with Crippen LogP contribution >= 0.6 is 0 Å². The number of benzene rings is 3. The number of hydrogen-bond acceptors (Lipinski definition) is 5. The van der Waals surface area contributed by atoms with Crippen molar-refractivity contribution in [1.82, 2.24) is 4.98 Å². The molecule has 0 atom stereocenters. The maximum absolute atomic E-state index is 13.4. The van der Waals surface area contributed by atoms with E-state index in [0.29, 0.717) is 37.4 Å². The molecule has 8 heteroatoms. The van der Waals surface area contributed by atoms with Gasteiger partial charge in [-0.15, -0.1) is 0 Å². The van der Waals surface area contributed by atoms with Gasteiger partial charge in [-0.05, 0) is 73.2 Å². The number of ether oxygens (including phenoxy) is 2. The van der Waals surface area contributed by atoms with Crippen molar-refractivity contribution in [3.8, 4) is 11.1 Å². The molecule has 3 aromatic carbocycles. The SMILES string of the molecule is CCOC(CC/C=C/C(=O)c1[nH]c2ccc(NS(=O)(=O)c3ccc(C(C)(C)C)cc3)cc2c1-c1ccccc1)OCC. The molecular formula is C34H40N2O5S. The van der Waals surface area contributed by atoms with E-state index >= 15 is 0 Å². The third-order valence-electron chi connectivity index (χ3n) is 6.93. The summed E-state index contributed by atoms with van der Waals surface area (Å²) in [5.74, 6) is -0.171. The number of allylic oxidation sites excluding steroid dienone is 2. The van der Waals surface area contributed by atoms with Crippen molar-refractivity contribution in [2.45, 2.75) is 64.1 Å². The third-order valence-corrected chi connectivity index (χ3v) is 8.33. The lowest BCUT2D eigenvalue weighted by Gasteiger charge is -2.19. The number of anilines is 1. The standard InChI is InChI=1S/C34H40N2O5S/c1-6-40-31(41-7-2)16-12-11-15-30(37)33-32(24-13-9-8-10-14-24)28-23-26(19-22-29(28)35-33)36-42(38,39)27-20-17-25(18-21-27)34(3,4)5/h8-11,13-15,17-23,31,35-36H,6-7,12,16H2,1-5H3/b15-11+. The highest BCUT2D eigenvalue weighted by atomic mass is 32.2. The molecule has 0 amide bonds. The first-order valence-electron chi connectivity index (χ1n) is 14.3. The average Bonchev–Trinajstić information content (AvgIpc) is 3.34. The van der Waals surface area contributed by atoms with E-state index < -0.39 is 10.0 Å². The van der Waals surface area contributed by atoms with Crippen molar-refractivity contribution in [3.05, 3.63) is 96.2 Å². The summed E-state index contributed by atoms with van der Waals surface area (Å²) in [5, 5.41) is 0.744. The molecule has 7 nitrogen and oxygen atoms in total. The Morgan fingerprint density at radius 1 is 0.952 bits per heavy atom. The third kappa shape index (κ3) is 7.56. The molecule has 4 rings (SSSR count). The zero-order valence-electron chi connectivity index (χ0n) is 24.9. The molecule has 1 heterocycles. The number of H-pyrrole nitrogens is 1. The Kier molecular flexibility index (Phi) is 10.0. The summed E-state index contributed by atoms with van der Waals surface area (Å²) in [4.78, 5) is 16.9. The Balaban J connectivity index is 1.63. The number of hydrogen-bond donors (Lipinski definition) is 2. The van der Waals surface area contributed by atoms with Gasteiger partial charge in [0, 0.05) is 41.8 Å². The van der Waals surface area contributed by atoms with Gasteiger partial charge in [-0.3, -0.25) is 9.52 Å². The van der Waals surface area contributed by atoms with Crippen molar-refractivity contribution in [2.75, 3.05) is 17.9 Å². The van der Waals surface area contributed by atoms with Crippen LogP contribution in [0.25, 0.3) is 22.0 Å². The molecule has 0 saturated carbocycles. The minimum atomic E-state index is -3.82. The number of carbonyl (C=O) groups excluding carboxylic acids is 1. The fourth-order valence-corrected chi connectivity index (χ4v) is 5.84. The van der Waals surface area contributed by atoms with Gasteiger partial charge in [0.2, 0.25) is 5.78 Å². The lowest BCUT2D eigenvalue weighted by atomic mass is 9.87. The minimum Gasteiger partial charge on any atom is -0.353 e. The summed E-state index contributed by atoms with van der Waals surface area (Å²) in [7, 11) is -3.82. The normalized spacial score (nSPS) is 12.4. The summed E-state index contributed by atoms with van der Waals surface area (Å²) in [6.45, 7) is 11.2. The van der Waals surface area contributed by atoms with Gasteiger partial charge in [-0.1, -0.05) is 69.3 Å². The van der Waals surface area contributed by atoms with E-state index in [4.69, 9.17) is 9.47 Å². The number of sulfonamides is 1. The molecule has 0 saturated heterocycles. The number of aromatic nitrogens is 1. The van der Waals surface area contributed by atoms with Gasteiger partial charge in [-0.2, -0.15) is 0 Å². The molecule has 1 aromatic heterocycles. The highest BCUT2D eigenvalue weighted by Crippen LogP contribution is 2.35. The smallest absolute Gasteiger partial charge is 0.261 e. The predicted molar refractivity (Wildman–Crippen MR) is 169 cm³/mol. The molecule has 0 aliphatic carbocycles. The molecule has 0 unspecified atom stereocenters. The minimum absolute atomic E-state index is 0.0808. The van der Waals surface area contributed by atoms with E-state index in [2.05, 4.69) is 30.5 Å². The second-order valence-electron chi connectivity index (χ2n) is 11.1. The predicted octanol–water partition coefficient (Wildman–Crippen LogP) is 7.85. The number of carbonyl (C=O) groups is 1. The quantitative estimate of drug-likeness (QED) is 0.0942. The molecule has 0 radical (unpaired) electrons. The fraction of sp³-hybridized carbons (Fsp3) is 0.324. The van der Waals surface area contributed by atoms with Crippen LogP contribution in [0.15, 0.2) is 89.8 Å². The molecule has 2 N–H and O–H groups in total. The number of aromatic amines is 1. The first kappa shape index (κ1) is 31.2. The Morgan fingerprint density at radius 3 is 2.24 bits per heavy atom. The van der Waals surface area contributed by atoms with Crippen LogP contribution in [-0.2, 0) is 24.9 Å². The van der Waals surface area contributed by atoms with E-state index in [9.17, 15) is 13.2 Å². The van der Waals surface area contributed by atoms with Gasteiger partial charge in [0.1, 0.15) is 0 Å². The average molecular weight is 589 g/mol. The molecule has 0 spiro atoms. The lowest BCUT2D eigenvalue weighted by molar-refractivity contribution is -0.138. The van der Waals surface area contributed by atoms with Crippen molar-refractivity contribution >= 4 is 32.4 Å². The van der Waals surface area contributed by atoms with Crippen LogP contribution in [0.2, 0.25) is 0 Å². The maximum Gasteiger partial charge on any atom is 0.261 e. The number of rotatable bonds is 13. The molecule has 4 aromatic rings. The van der Waals surface area contributed by atoms with Crippen molar-refractivity contribution in [2.24, 2.45) is 0 Å². The Hall–Kier alpha value is -3.72. The highest BCUT2D eigenvalue weighted by Gasteiger charge is 2.21. The van der Waals surface area contributed by atoms with Crippen molar-refractivity contribution in [3.63, 3.8) is 0 Å². The summed E-state index contributed by atoms with van der Waals surface area (Å²) in [6.07, 6.45) is 4.37. The summed E-state index contributed by atoms with van der Waals surface area (Å²) >= 11 is 0. The second-order valence-corrected chi connectivity index (χ2v) is 12.7. The second kappa shape index (κ2) is 13.5. The Morgan fingerprint density at radius 2 is 1.62 bits per heavy atom. The maximum atomic E-state index is 13.4. The molecule has 0 bridgehead atoms. The molecule has 0 fully saturated rings. The molecule has 42 heavy (non-hydrogen) atoms. The van der Waals surface area contributed by atoms with Crippen LogP contribution in [0.1, 0.15) is 63.5 Å². The van der Waals surface area contributed by atoms with Gasteiger partial charge in [-0.25, -0.2) is 8.42 Å². The van der Waals surface area contributed by atoms with Crippen LogP contribution < -0.4 is 4.72 Å². The van der Waals surface area contributed by atoms with Gasteiger partial charge < -0.3 is 14.5 Å². The van der Waals surface area contributed by atoms with Crippen LogP contribution in [0, 0.1) is 0 Å². The molecule has 0 aliphatic heterocycles. The van der Waals surface area contributed by atoms with Gasteiger partial charge in [0.05, 0.1) is 10.6 Å². The summed E-state index contributed by atoms with van der Waals surface area (Å²) in [6, 6.07) is 21.8. The van der Waals surface area contributed by atoms with E-state index in [1.165, 1.54) is 0 Å². The lowest BCUT2D eigenvalue weighted by Crippen LogP contribution is -2.16. The van der Waals surface area contributed by atoms with Crippen LogP contribution in [-0.4, -0.2) is 38.7 Å². The molecule has 222 valence electrons. The number of fused-ring (bicyclic) bond motifs is 1. The van der Waals surface area contributed by atoms with Gasteiger partial charge >= 0.3 is 0 Å². The first-order valence-corrected chi connectivity index (χ1v) is 15.8. The van der Waals surface area contributed by atoms with Crippen molar-refractivity contribution < 1.29 is 22.7 Å². The highest BCUT2D eigenvalue weighted by molar-refractivity contribution is 7.92. The van der Waals surface area contributed by atoms with E-state index in [0.717, 1.165) is 27.6 Å². The monoisotopic (exact) mass is 588 g/mol. The molecule has 0 aliphatic rings. The zero-order valence-corrected chi connectivity index (χ0v) is 25.8. The Bertz CT molecular complexity index is 1630. The number of ketones is 1. The van der Waals surface area contributed by atoms with Gasteiger partial charge in [0.25, 0.3) is 10.0 Å². The van der Waals surface area contributed by atoms with Crippen LogP contribution in [0.5, 0.6) is 0 Å². The van der Waals surface area contributed by atoms with Crippen molar-refractivity contribution in [1.29, 1.82) is 0 Å². The zero-order chi connectivity index (χ0) is 30.3. The van der Waals surface area contributed by atoms with Crippen LogP contribution in [0.3, 0.4) is 0 Å². The largest absolute Gasteiger partial charge is 0.353 e. The van der Waals surface area contributed by atoms with E-state index in [1.54, 1.807) is 36.4 Å². The first-order chi connectivity index (χ1) is 20.0. The van der Waals surface area contributed by atoms with E-state index in [1.807, 2.05) is 62.4 Å². The summed E-state index contributed by atoms with van der Waals surface area (Å²) in [5.41, 5.74) is 4.13. The topological polar surface area (TPSA) is 97.5 Å². The van der Waals surface area contributed by atoms with Gasteiger partial charge in [0.15, 0.2) is 6.29 Å². The fourth-order valence-electron chi connectivity index (χ4n) is 4.79. The van der Waals surface area contributed by atoms with Crippen LogP contribution in [0.4, 0.5) is 5.69 Å².